The summed E-state index contributed by atoms with van der Waals surface area (Å²) in [6.45, 7) is -0.271. The molecule has 66 valence electrons. The summed E-state index contributed by atoms with van der Waals surface area (Å²) in [5.74, 6) is 0. The van der Waals surface area contributed by atoms with Crippen molar-refractivity contribution in [2.45, 2.75) is 24.6 Å². The van der Waals surface area contributed by atoms with Crippen LogP contribution in [0.5, 0.6) is 0 Å². The van der Waals surface area contributed by atoms with E-state index in [1.165, 1.54) is 7.11 Å². The van der Waals surface area contributed by atoms with Crippen LogP contribution in [-0.2, 0) is 9.47 Å². The first-order chi connectivity index (χ1) is 5.20. The molecule has 0 aromatic rings. The van der Waals surface area contributed by atoms with Crippen molar-refractivity contribution in [1.82, 2.24) is 0 Å². The molecule has 5 nitrogen and oxygen atoms in total. The minimum absolute atomic E-state index is 0.271. The van der Waals surface area contributed by atoms with Gasteiger partial charge in [0.2, 0.25) is 0 Å². The maximum atomic E-state index is 9.15. The summed E-state index contributed by atoms with van der Waals surface area (Å²) in [5, 5.41) is 26.8. The SMILES string of the molecule is COC1C(CO)OC(O)C1O. The van der Waals surface area contributed by atoms with Gasteiger partial charge in [-0.2, -0.15) is 0 Å². The molecule has 1 saturated heterocycles. The lowest BCUT2D eigenvalue weighted by Crippen LogP contribution is -2.35. The van der Waals surface area contributed by atoms with Crippen LogP contribution < -0.4 is 0 Å². The van der Waals surface area contributed by atoms with E-state index < -0.39 is 24.6 Å². The highest BCUT2D eigenvalue weighted by molar-refractivity contribution is 4.86. The molecule has 11 heavy (non-hydrogen) atoms. The molecule has 4 atom stereocenters. The van der Waals surface area contributed by atoms with E-state index in [4.69, 9.17) is 24.8 Å². The predicted octanol–water partition coefficient (Wildman–Crippen LogP) is -1.93. The van der Waals surface area contributed by atoms with Gasteiger partial charge in [-0.15, -0.1) is 0 Å². The Morgan fingerprint density at radius 3 is 2.45 bits per heavy atom. The van der Waals surface area contributed by atoms with Crippen molar-refractivity contribution >= 4 is 0 Å². The largest absolute Gasteiger partial charge is 0.394 e. The van der Waals surface area contributed by atoms with Crippen LogP contribution in [0.25, 0.3) is 0 Å². The lowest BCUT2D eigenvalue weighted by Gasteiger charge is -2.15. The molecule has 0 saturated carbocycles. The van der Waals surface area contributed by atoms with E-state index in [2.05, 4.69) is 0 Å². The smallest absolute Gasteiger partial charge is 0.184 e. The van der Waals surface area contributed by atoms with Crippen LogP contribution in [0.4, 0.5) is 0 Å². The fourth-order valence-corrected chi connectivity index (χ4v) is 1.16. The van der Waals surface area contributed by atoms with E-state index in [0.29, 0.717) is 0 Å². The molecule has 1 heterocycles. The summed E-state index contributed by atoms with van der Waals surface area (Å²) in [4.78, 5) is 0. The second kappa shape index (κ2) is 3.46. The van der Waals surface area contributed by atoms with Crippen molar-refractivity contribution in [3.63, 3.8) is 0 Å². The van der Waals surface area contributed by atoms with Crippen molar-refractivity contribution in [1.29, 1.82) is 0 Å². The molecule has 0 bridgehead atoms. The first-order valence-corrected chi connectivity index (χ1v) is 3.36. The van der Waals surface area contributed by atoms with Crippen molar-refractivity contribution in [3.8, 4) is 0 Å². The Kier molecular flexibility index (Phi) is 2.80. The highest BCUT2D eigenvalue weighted by Crippen LogP contribution is 2.21. The van der Waals surface area contributed by atoms with Gasteiger partial charge < -0.3 is 24.8 Å². The van der Waals surface area contributed by atoms with E-state index in [-0.39, 0.29) is 6.61 Å². The molecule has 0 spiro atoms. The Bertz CT molecular complexity index is 128. The van der Waals surface area contributed by atoms with Crippen molar-refractivity contribution in [2.24, 2.45) is 0 Å². The number of ether oxygens (including phenoxy) is 2. The minimum atomic E-state index is -1.25. The number of aliphatic hydroxyl groups is 3. The average Bonchev–Trinajstić information content (AvgIpc) is 2.28. The summed E-state index contributed by atoms with van der Waals surface area (Å²) in [6, 6.07) is 0. The lowest BCUT2D eigenvalue weighted by atomic mass is 10.1. The quantitative estimate of drug-likeness (QED) is 0.443. The number of hydrogen-bond donors (Lipinski definition) is 3. The highest BCUT2D eigenvalue weighted by Gasteiger charge is 2.42. The van der Waals surface area contributed by atoms with Crippen LogP contribution in [0.3, 0.4) is 0 Å². The molecular weight excluding hydrogens is 152 g/mol. The van der Waals surface area contributed by atoms with Crippen molar-refractivity contribution < 1.29 is 24.8 Å². The summed E-state index contributed by atoms with van der Waals surface area (Å²) in [6.07, 6.45) is -3.60. The first kappa shape index (κ1) is 8.89. The minimum Gasteiger partial charge on any atom is -0.394 e. The standard InChI is InChI=1S/C6H12O5/c1-10-5-3(2-7)11-6(9)4(5)8/h3-9H,2H2,1H3. The summed E-state index contributed by atoms with van der Waals surface area (Å²) in [5.41, 5.74) is 0. The van der Waals surface area contributed by atoms with Crippen molar-refractivity contribution in [2.75, 3.05) is 13.7 Å². The molecule has 0 aliphatic carbocycles. The van der Waals surface area contributed by atoms with Crippen LogP contribution in [0, 0.1) is 0 Å². The summed E-state index contributed by atoms with van der Waals surface area (Å²) >= 11 is 0. The zero-order valence-corrected chi connectivity index (χ0v) is 6.17. The monoisotopic (exact) mass is 164 g/mol. The van der Waals surface area contributed by atoms with Gasteiger partial charge in [0.15, 0.2) is 6.29 Å². The highest BCUT2D eigenvalue weighted by atomic mass is 16.7. The maximum Gasteiger partial charge on any atom is 0.184 e. The Labute approximate surface area is 64.2 Å². The van der Waals surface area contributed by atoms with Crippen LogP contribution >= 0.6 is 0 Å². The Hall–Kier alpha value is -0.200. The van der Waals surface area contributed by atoms with Crippen LogP contribution in [0.15, 0.2) is 0 Å². The average molecular weight is 164 g/mol. The van der Waals surface area contributed by atoms with E-state index in [1.807, 2.05) is 0 Å². The molecule has 0 aromatic heterocycles. The molecule has 1 rings (SSSR count). The van der Waals surface area contributed by atoms with E-state index in [1.54, 1.807) is 0 Å². The first-order valence-electron chi connectivity index (χ1n) is 3.36. The molecule has 1 aliphatic rings. The molecule has 4 unspecified atom stereocenters. The molecule has 0 amide bonds. The lowest BCUT2D eigenvalue weighted by molar-refractivity contribution is -0.132. The fourth-order valence-electron chi connectivity index (χ4n) is 1.16. The Balaban J connectivity index is 2.57. The Morgan fingerprint density at radius 2 is 2.09 bits per heavy atom. The van der Waals surface area contributed by atoms with Gasteiger partial charge in [0.1, 0.15) is 18.3 Å². The third-order valence-corrected chi connectivity index (χ3v) is 1.76. The summed E-state index contributed by atoms with van der Waals surface area (Å²) < 4.78 is 9.56. The van der Waals surface area contributed by atoms with Gasteiger partial charge in [-0.3, -0.25) is 0 Å². The zero-order valence-electron chi connectivity index (χ0n) is 6.17. The van der Waals surface area contributed by atoms with Gasteiger partial charge in [-0.25, -0.2) is 0 Å². The third kappa shape index (κ3) is 1.52. The van der Waals surface area contributed by atoms with Gasteiger partial charge >= 0.3 is 0 Å². The van der Waals surface area contributed by atoms with Crippen molar-refractivity contribution in [3.05, 3.63) is 0 Å². The van der Waals surface area contributed by atoms with Gasteiger partial charge in [0.05, 0.1) is 6.61 Å². The predicted molar refractivity (Wildman–Crippen MR) is 34.8 cm³/mol. The fraction of sp³-hybridized carbons (Fsp3) is 1.00. The molecule has 1 aliphatic heterocycles. The molecular formula is C6H12O5. The molecule has 5 heteroatoms. The molecule has 0 aromatic carbocycles. The van der Waals surface area contributed by atoms with Crippen LogP contribution in [-0.4, -0.2) is 53.6 Å². The van der Waals surface area contributed by atoms with Gasteiger partial charge in [0, 0.05) is 7.11 Å². The zero-order chi connectivity index (χ0) is 8.43. The third-order valence-electron chi connectivity index (χ3n) is 1.76. The second-order valence-corrected chi connectivity index (χ2v) is 2.44. The van der Waals surface area contributed by atoms with E-state index in [0.717, 1.165) is 0 Å². The normalized spacial score (nSPS) is 44.7. The molecule has 3 N–H and O–H groups in total. The van der Waals surface area contributed by atoms with Crippen LogP contribution in [0.1, 0.15) is 0 Å². The molecule has 1 fully saturated rings. The van der Waals surface area contributed by atoms with Gasteiger partial charge in [-0.1, -0.05) is 0 Å². The van der Waals surface area contributed by atoms with Gasteiger partial charge in [-0.05, 0) is 0 Å². The maximum absolute atomic E-state index is 9.15. The van der Waals surface area contributed by atoms with Crippen LogP contribution in [0.2, 0.25) is 0 Å². The second-order valence-electron chi connectivity index (χ2n) is 2.44. The Morgan fingerprint density at radius 1 is 1.45 bits per heavy atom. The topological polar surface area (TPSA) is 79.2 Å². The van der Waals surface area contributed by atoms with E-state index >= 15 is 0 Å². The number of methoxy groups -OCH3 is 1. The van der Waals surface area contributed by atoms with Gasteiger partial charge in [0.25, 0.3) is 0 Å². The van der Waals surface area contributed by atoms with E-state index in [9.17, 15) is 0 Å². The number of aliphatic hydroxyl groups excluding tert-OH is 3. The number of hydrogen-bond acceptors (Lipinski definition) is 5. The molecule has 0 radical (unpaired) electrons. The summed E-state index contributed by atoms with van der Waals surface area (Å²) in [7, 11) is 1.39. The number of rotatable bonds is 2.